The summed E-state index contributed by atoms with van der Waals surface area (Å²) in [6.07, 6.45) is 0. The van der Waals surface area contributed by atoms with Crippen LogP contribution in [-0.2, 0) is 7.05 Å². The van der Waals surface area contributed by atoms with Crippen molar-refractivity contribution in [2.45, 2.75) is 0 Å². The SMILES string of the molecule is Cn1c(N)nc(O)c1O. The topological polar surface area (TPSA) is 84.3 Å². The molecule has 0 bridgehead atoms. The Bertz CT molecular complexity index is 207. The standard InChI is InChI=1S/C4H7N3O2/c1-7-3(9)2(8)6-4(7)5/h8-9H,1H3,(H2,5,6). The molecule has 0 radical (unpaired) electrons. The van der Waals surface area contributed by atoms with E-state index in [-0.39, 0.29) is 11.8 Å². The molecule has 0 unspecified atom stereocenters. The van der Waals surface area contributed by atoms with Gasteiger partial charge in [0.25, 0.3) is 11.8 Å². The van der Waals surface area contributed by atoms with Crippen molar-refractivity contribution in [3.8, 4) is 11.8 Å². The minimum absolute atomic E-state index is 0.0880. The zero-order chi connectivity index (χ0) is 7.02. The first-order chi connectivity index (χ1) is 4.13. The second kappa shape index (κ2) is 1.54. The predicted molar refractivity (Wildman–Crippen MR) is 30.9 cm³/mol. The van der Waals surface area contributed by atoms with E-state index in [1.54, 1.807) is 0 Å². The van der Waals surface area contributed by atoms with Crippen LogP contribution in [0.3, 0.4) is 0 Å². The number of nitrogens with zero attached hydrogens (tertiary/aromatic N) is 2. The molecule has 50 valence electrons. The fourth-order valence-corrected chi connectivity index (χ4v) is 0.492. The summed E-state index contributed by atoms with van der Waals surface area (Å²) in [5.41, 5.74) is 5.17. The monoisotopic (exact) mass is 129 g/mol. The first-order valence-electron chi connectivity index (χ1n) is 2.33. The number of aromatic hydroxyl groups is 2. The minimum atomic E-state index is -0.435. The zero-order valence-electron chi connectivity index (χ0n) is 4.87. The smallest absolute Gasteiger partial charge is 0.276 e. The number of nitrogens with two attached hydrogens (primary N) is 1. The van der Waals surface area contributed by atoms with Gasteiger partial charge in [-0.25, -0.2) is 0 Å². The molecule has 0 saturated carbocycles. The van der Waals surface area contributed by atoms with Crippen molar-refractivity contribution in [3.63, 3.8) is 0 Å². The number of nitrogen functional groups attached to an aromatic ring is 1. The van der Waals surface area contributed by atoms with Crippen molar-refractivity contribution in [2.24, 2.45) is 7.05 Å². The number of anilines is 1. The third-order valence-corrected chi connectivity index (χ3v) is 1.08. The van der Waals surface area contributed by atoms with Gasteiger partial charge in [-0.15, -0.1) is 0 Å². The van der Waals surface area contributed by atoms with Gasteiger partial charge in [-0.1, -0.05) is 0 Å². The normalized spacial score (nSPS) is 9.89. The molecule has 0 saturated heterocycles. The maximum Gasteiger partial charge on any atom is 0.276 e. The van der Waals surface area contributed by atoms with Crippen molar-refractivity contribution in [1.29, 1.82) is 0 Å². The average molecular weight is 129 g/mol. The van der Waals surface area contributed by atoms with Crippen molar-refractivity contribution >= 4 is 5.95 Å². The average Bonchev–Trinajstić information content (AvgIpc) is 1.98. The molecule has 0 aliphatic rings. The maximum atomic E-state index is 8.80. The summed E-state index contributed by atoms with van der Waals surface area (Å²) in [6.45, 7) is 0. The van der Waals surface area contributed by atoms with Crippen molar-refractivity contribution in [2.75, 3.05) is 5.73 Å². The van der Waals surface area contributed by atoms with Gasteiger partial charge in [0.05, 0.1) is 0 Å². The predicted octanol–water partition coefficient (Wildman–Crippen LogP) is -0.587. The largest absolute Gasteiger partial charge is 0.491 e. The molecule has 0 spiro atoms. The van der Waals surface area contributed by atoms with E-state index in [1.165, 1.54) is 11.6 Å². The van der Waals surface area contributed by atoms with Crippen LogP contribution in [0, 0.1) is 0 Å². The first-order valence-corrected chi connectivity index (χ1v) is 2.33. The third-order valence-electron chi connectivity index (χ3n) is 1.08. The van der Waals surface area contributed by atoms with E-state index in [4.69, 9.17) is 15.9 Å². The highest BCUT2D eigenvalue weighted by Crippen LogP contribution is 2.23. The van der Waals surface area contributed by atoms with Crippen LogP contribution in [0.4, 0.5) is 5.95 Å². The lowest BCUT2D eigenvalue weighted by atomic mass is 10.8. The summed E-state index contributed by atoms with van der Waals surface area (Å²) in [4.78, 5) is 3.36. The van der Waals surface area contributed by atoms with Gasteiger partial charge in [-0.05, 0) is 0 Å². The summed E-state index contributed by atoms with van der Waals surface area (Å²) >= 11 is 0. The first kappa shape index (κ1) is 5.74. The highest BCUT2D eigenvalue weighted by molar-refractivity contribution is 5.35. The second-order valence-electron chi connectivity index (χ2n) is 1.68. The third kappa shape index (κ3) is 0.658. The van der Waals surface area contributed by atoms with E-state index in [9.17, 15) is 0 Å². The number of imidazole rings is 1. The van der Waals surface area contributed by atoms with Crippen molar-refractivity contribution in [1.82, 2.24) is 9.55 Å². The van der Waals surface area contributed by atoms with Crippen LogP contribution in [0.5, 0.6) is 11.8 Å². The second-order valence-corrected chi connectivity index (χ2v) is 1.68. The van der Waals surface area contributed by atoms with E-state index < -0.39 is 5.88 Å². The number of rotatable bonds is 0. The van der Waals surface area contributed by atoms with Gasteiger partial charge in [0.1, 0.15) is 0 Å². The fourth-order valence-electron chi connectivity index (χ4n) is 0.492. The number of aromatic nitrogens is 2. The molecule has 0 aromatic carbocycles. The minimum Gasteiger partial charge on any atom is -0.491 e. The molecule has 9 heavy (non-hydrogen) atoms. The fraction of sp³-hybridized carbons (Fsp3) is 0.250. The van der Waals surface area contributed by atoms with Gasteiger partial charge in [-0.3, -0.25) is 4.57 Å². The summed E-state index contributed by atoms with van der Waals surface area (Å²) in [5, 5.41) is 17.5. The van der Waals surface area contributed by atoms with Crippen LogP contribution in [0.25, 0.3) is 0 Å². The van der Waals surface area contributed by atoms with Crippen LogP contribution in [0.1, 0.15) is 0 Å². The Hall–Kier alpha value is -1.39. The van der Waals surface area contributed by atoms with Gasteiger partial charge in [-0.2, -0.15) is 4.98 Å². The Morgan fingerprint density at radius 2 is 2.11 bits per heavy atom. The molecule has 5 nitrogen and oxygen atoms in total. The molecule has 5 heteroatoms. The van der Waals surface area contributed by atoms with Gasteiger partial charge < -0.3 is 15.9 Å². The highest BCUT2D eigenvalue weighted by atomic mass is 16.3. The highest BCUT2D eigenvalue weighted by Gasteiger charge is 2.07. The molecule has 0 fully saturated rings. The number of hydrogen-bond donors (Lipinski definition) is 3. The quantitative estimate of drug-likeness (QED) is 0.437. The summed E-state index contributed by atoms with van der Waals surface area (Å²) in [5.74, 6) is -0.660. The van der Waals surface area contributed by atoms with Gasteiger partial charge in [0, 0.05) is 7.05 Å². The molecule has 1 aromatic rings. The van der Waals surface area contributed by atoms with Gasteiger partial charge in [0.15, 0.2) is 0 Å². The molecule has 0 amide bonds. The molecule has 0 atom stereocenters. The zero-order valence-corrected chi connectivity index (χ0v) is 4.87. The van der Waals surface area contributed by atoms with Crippen LogP contribution >= 0.6 is 0 Å². The van der Waals surface area contributed by atoms with Gasteiger partial charge in [0.2, 0.25) is 5.95 Å². The van der Waals surface area contributed by atoms with Gasteiger partial charge >= 0.3 is 0 Å². The van der Waals surface area contributed by atoms with E-state index in [1.807, 2.05) is 0 Å². The lowest BCUT2D eigenvalue weighted by Crippen LogP contribution is -1.95. The van der Waals surface area contributed by atoms with E-state index >= 15 is 0 Å². The van der Waals surface area contributed by atoms with Crippen LogP contribution < -0.4 is 5.73 Å². The molecule has 0 aliphatic heterocycles. The van der Waals surface area contributed by atoms with E-state index in [2.05, 4.69) is 4.98 Å². The molecular weight excluding hydrogens is 122 g/mol. The van der Waals surface area contributed by atoms with Crippen molar-refractivity contribution in [3.05, 3.63) is 0 Å². The Balaban J connectivity index is 3.29. The van der Waals surface area contributed by atoms with Crippen molar-refractivity contribution < 1.29 is 10.2 Å². The molecule has 1 rings (SSSR count). The molecular formula is C4H7N3O2. The Morgan fingerprint density at radius 3 is 2.22 bits per heavy atom. The van der Waals surface area contributed by atoms with Crippen LogP contribution in [-0.4, -0.2) is 19.8 Å². The Morgan fingerprint density at radius 1 is 1.56 bits per heavy atom. The maximum absolute atomic E-state index is 8.80. The Labute approximate surface area is 51.4 Å². The number of hydrogen-bond acceptors (Lipinski definition) is 4. The summed E-state index contributed by atoms with van der Waals surface area (Å²) < 4.78 is 1.18. The summed E-state index contributed by atoms with van der Waals surface area (Å²) in [7, 11) is 1.50. The van der Waals surface area contributed by atoms with E-state index in [0.717, 1.165) is 0 Å². The van der Waals surface area contributed by atoms with Crippen LogP contribution in [0.2, 0.25) is 0 Å². The molecule has 1 aromatic heterocycles. The molecule has 4 N–H and O–H groups in total. The summed E-state index contributed by atoms with van der Waals surface area (Å²) in [6, 6.07) is 0. The van der Waals surface area contributed by atoms with E-state index in [0.29, 0.717) is 0 Å². The Kier molecular flexibility index (Phi) is 0.985. The van der Waals surface area contributed by atoms with Crippen LogP contribution in [0.15, 0.2) is 0 Å². The lowest BCUT2D eigenvalue weighted by molar-refractivity contribution is 0.374. The molecule has 1 heterocycles. The molecule has 0 aliphatic carbocycles. The lowest BCUT2D eigenvalue weighted by Gasteiger charge is -1.91.